The largest absolute Gasteiger partial charge is 0.355 e. The molecule has 0 bridgehead atoms. The normalized spacial score (nSPS) is 12.6. The highest BCUT2D eigenvalue weighted by molar-refractivity contribution is 5.78. The van der Waals surface area contributed by atoms with Gasteiger partial charge in [-0.2, -0.15) is 0 Å². The van der Waals surface area contributed by atoms with Crippen molar-refractivity contribution in [3.05, 3.63) is 30.1 Å². The van der Waals surface area contributed by atoms with Gasteiger partial charge in [-0.1, -0.05) is 32.4 Å². The van der Waals surface area contributed by atoms with Gasteiger partial charge in [0.25, 0.3) is 0 Å². The van der Waals surface area contributed by atoms with E-state index in [0.717, 1.165) is 36.1 Å². The Kier molecular flexibility index (Phi) is 4.77. The fraction of sp³-hybridized carbons (Fsp3) is 0.500. The van der Waals surface area contributed by atoms with E-state index in [2.05, 4.69) is 27.9 Å². The maximum atomic E-state index is 11.8. The van der Waals surface area contributed by atoms with E-state index in [1.54, 1.807) is 0 Å². The lowest BCUT2D eigenvalue weighted by atomic mass is 10.1. The SMILES string of the molecule is CCCC(C)C(=O)NCCc1nc2ccccc2n1C. The summed E-state index contributed by atoms with van der Waals surface area (Å²) >= 11 is 0. The molecule has 0 saturated heterocycles. The minimum Gasteiger partial charge on any atom is -0.355 e. The number of para-hydroxylation sites is 2. The highest BCUT2D eigenvalue weighted by atomic mass is 16.1. The molecule has 2 aromatic rings. The van der Waals surface area contributed by atoms with Crippen molar-refractivity contribution in [1.29, 1.82) is 0 Å². The van der Waals surface area contributed by atoms with Crippen LogP contribution in [0.2, 0.25) is 0 Å². The number of benzene rings is 1. The number of hydrogen-bond acceptors (Lipinski definition) is 2. The van der Waals surface area contributed by atoms with Gasteiger partial charge in [-0.3, -0.25) is 4.79 Å². The lowest BCUT2D eigenvalue weighted by Crippen LogP contribution is -2.31. The van der Waals surface area contributed by atoms with Gasteiger partial charge in [0.05, 0.1) is 11.0 Å². The van der Waals surface area contributed by atoms with Crippen molar-refractivity contribution in [2.45, 2.75) is 33.1 Å². The number of amides is 1. The number of carbonyl (C=O) groups excluding carboxylic acids is 1. The van der Waals surface area contributed by atoms with Crippen LogP contribution in [-0.4, -0.2) is 22.0 Å². The maximum absolute atomic E-state index is 11.8. The number of aryl methyl sites for hydroxylation is 1. The summed E-state index contributed by atoms with van der Waals surface area (Å²) in [7, 11) is 2.02. The summed E-state index contributed by atoms with van der Waals surface area (Å²) in [6, 6.07) is 8.09. The first-order valence-electron chi connectivity index (χ1n) is 7.31. The third-order valence-corrected chi connectivity index (χ3v) is 3.70. The molecule has 1 unspecified atom stereocenters. The molecule has 1 atom stereocenters. The molecule has 0 aliphatic carbocycles. The molecule has 2 rings (SSSR count). The number of nitrogens with one attached hydrogen (secondary N) is 1. The van der Waals surface area contributed by atoms with E-state index in [9.17, 15) is 4.79 Å². The summed E-state index contributed by atoms with van der Waals surface area (Å²) in [5, 5.41) is 3.00. The van der Waals surface area contributed by atoms with Crippen molar-refractivity contribution < 1.29 is 4.79 Å². The zero-order valence-corrected chi connectivity index (χ0v) is 12.5. The van der Waals surface area contributed by atoms with Gasteiger partial charge in [0.1, 0.15) is 5.82 Å². The molecule has 0 radical (unpaired) electrons. The van der Waals surface area contributed by atoms with Crippen LogP contribution in [0.25, 0.3) is 11.0 Å². The van der Waals surface area contributed by atoms with Crippen LogP contribution in [0.3, 0.4) is 0 Å². The van der Waals surface area contributed by atoms with Crippen molar-refractivity contribution >= 4 is 16.9 Å². The van der Waals surface area contributed by atoms with Crippen molar-refractivity contribution in [3.63, 3.8) is 0 Å². The predicted molar refractivity (Wildman–Crippen MR) is 81.5 cm³/mol. The average molecular weight is 273 g/mol. The Bertz CT molecular complexity index is 588. The molecular weight excluding hydrogens is 250 g/mol. The molecule has 0 aliphatic rings. The summed E-state index contributed by atoms with van der Waals surface area (Å²) in [6.07, 6.45) is 2.74. The Morgan fingerprint density at radius 2 is 2.15 bits per heavy atom. The first-order chi connectivity index (χ1) is 9.63. The molecule has 0 aliphatic heterocycles. The highest BCUT2D eigenvalue weighted by Crippen LogP contribution is 2.14. The van der Waals surface area contributed by atoms with Crippen molar-refractivity contribution in [2.75, 3.05) is 6.54 Å². The van der Waals surface area contributed by atoms with Crippen LogP contribution in [0, 0.1) is 5.92 Å². The van der Waals surface area contributed by atoms with E-state index >= 15 is 0 Å². The van der Waals surface area contributed by atoms with Crippen LogP contribution in [0.15, 0.2) is 24.3 Å². The van der Waals surface area contributed by atoms with Crippen molar-refractivity contribution in [1.82, 2.24) is 14.9 Å². The fourth-order valence-electron chi connectivity index (χ4n) is 2.45. The van der Waals surface area contributed by atoms with Crippen LogP contribution in [-0.2, 0) is 18.3 Å². The Morgan fingerprint density at radius 3 is 2.85 bits per heavy atom. The van der Waals surface area contributed by atoms with E-state index in [4.69, 9.17) is 0 Å². The molecule has 4 nitrogen and oxygen atoms in total. The number of rotatable bonds is 6. The number of imidazole rings is 1. The van der Waals surface area contributed by atoms with Gasteiger partial charge in [0, 0.05) is 25.9 Å². The van der Waals surface area contributed by atoms with Crippen LogP contribution >= 0.6 is 0 Å². The molecule has 1 aromatic carbocycles. The Morgan fingerprint density at radius 1 is 1.40 bits per heavy atom. The molecule has 0 saturated carbocycles. The smallest absolute Gasteiger partial charge is 0.222 e. The molecular formula is C16H23N3O. The standard InChI is InChI=1S/C16H23N3O/c1-4-7-12(2)16(20)17-11-10-15-18-13-8-5-6-9-14(13)19(15)3/h5-6,8-9,12H,4,7,10-11H2,1-3H3,(H,17,20). The van der Waals surface area contributed by atoms with E-state index in [-0.39, 0.29) is 11.8 Å². The molecule has 1 N–H and O–H groups in total. The summed E-state index contributed by atoms with van der Waals surface area (Å²) in [5.74, 6) is 1.25. The molecule has 1 amide bonds. The highest BCUT2D eigenvalue weighted by Gasteiger charge is 2.12. The van der Waals surface area contributed by atoms with Gasteiger partial charge in [0.15, 0.2) is 0 Å². The minimum atomic E-state index is 0.0976. The zero-order valence-electron chi connectivity index (χ0n) is 12.5. The van der Waals surface area contributed by atoms with Crippen LogP contribution in [0.4, 0.5) is 0 Å². The second-order valence-corrected chi connectivity index (χ2v) is 5.31. The topological polar surface area (TPSA) is 46.9 Å². The van der Waals surface area contributed by atoms with Crippen LogP contribution < -0.4 is 5.32 Å². The maximum Gasteiger partial charge on any atom is 0.222 e. The van der Waals surface area contributed by atoms with Crippen LogP contribution in [0.1, 0.15) is 32.5 Å². The lowest BCUT2D eigenvalue weighted by Gasteiger charge is -2.10. The third kappa shape index (κ3) is 3.18. The molecule has 108 valence electrons. The van der Waals surface area contributed by atoms with E-state index in [0.29, 0.717) is 6.54 Å². The van der Waals surface area contributed by atoms with E-state index in [1.807, 2.05) is 32.2 Å². The van der Waals surface area contributed by atoms with Gasteiger partial charge in [0.2, 0.25) is 5.91 Å². The van der Waals surface area contributed by atoms with Crippen molar-refractivity contribution in [2.24, 2.45) is 13.0 Å². The Labute approximate surface area is 120 Å². The Hall–Kier alpha value is -1.84. The summed E-state index contributed by atoms with van der Waals surface area (Å²) in [4.78, 5) is 16.4. The number of nitrogens with zero attached hydrogens (tertiary/aromatic N) is 2. The monoisotopic (exact) mass is 273 g/mol. The fourth-order valence-corrected chi connectivity index (χ4v) is 2.45. The molecule has 0 fully saturated rings. The third-order valence-electron chi connectivity index (χ3n) is 3.70. The Balaban J connectivity index is 1.93. The van der Waals surface area contributed by atoms with Gasteiger partial charge >= 0.3 is 0 Å². The van der Waals surface area contributed by atoms with Gasteiger partial charge < -0.3 is 9.88 Å². The summed E-state index contributed by atoms with van der Waals surface area (Å²) in [6.45, 7) is 4.72. The number of carbonyl (C=O) groups is 1. The number of aromatic nitrogens is 2. The van der Waals surface area contributed by atoms with Crippen molar-refractivity contribution in [3.8, 4) is 0 Å². The second kappa shape index (κ2) is 6.55. The van der Waals surface area contributed by atoms with E-state index in [1.165, 1.54) is 0 Å². The lowest BCUT2D eigenvalue weighted by molar-refractivity contribution is -0.124. The quantitative estimate of drug-likeness (QED) is 0.879. The molecule has 1 aromatic heterocycles. The average Bonchev–Trinajstić information content (AvgIpc) is 2.76. The predicted octanol–water partition coefficient (Wildman–Crippen LogP) is 2.67. The van der Waals surface area contributed by atoms with Gasteiger partial charge in [-0.15, -0.1) is 0 Å². The van der Waals surface area contributed by atoms with E-state index < -0.39 is 0 Å². The van der Waals surface area contributed by atoms with Crippen LogP contribution in [0.5, 0.6) is 0 Å². The first-order valence-corrected chi connectivity index (χ1v) is 7.31. The van der Waals surface area contributed by atoms with Gasteiger partial charge in [-0.25, -0.2) is 4.98 Å². The number of fused-ring (bicyclic) bond motifs is 1. The van der Waals surface area contributed by atoms with Gasteiger partial charge in [-0.05, 0) is 18.6 Å². The summed E-state index contributed by atoms with van der Waals surface area (Å²) in [5.41, 5.74) is 2.14. The molecule has 20 heavy (non-hydrogen) atoms. The molecule has 1 heterocycles. The summed E-state index contributed by atoms with van der Waals surface area (Å²) < 4.78 is 2.09. The second-order valence-electron chi connectivity index (χ2n) is 5.31. The molecule has 0 spiro atoms. The minimum absolute atomic E-state index is 0.0976. The number of hydrogen-bond donors (Lipinski definition) is 1. The first kappa shape index (κ1) is 14.6. The zero-order chi connectivity index (χ0) is 14.5. The molecule has 4 heteroatoms.